The van der Waals surface area contributed by atoms with Crippen molar-refractivity contribution >= 4 is 11.5 Å². The first-order chi connectivity index (χ1) is 11.8. The van der Waals surface area contributed by atoms with Gasteiger partial charge in [-0.25, -0.2) is 4.98 Å². The molecule has 5 heteroatoms. The van der Waals surface area contributed by atoms with E-state index in [0.29, 0.717) is 11.7 Å². The number of piperidine rings is 1. The van der Waals surface area contributed by atoms with Crippen LogP contribution in [0.5, 0.6) is 0 Å². The topological polar surface area (TPSA) is 68.2 Å². The molecule has 2 aromatic heterocycles. The summed E-state index contributed by atoms with van der Waals surface area (Å²) in [7, 11) is 0. The van der Waals surface area contributed by atoms with Crippen LogP contribution in [0.2, 0.25) is 0 Å². The monoisotopic (exact) mass is 317 g/mol. The number of aromatic nitrogens is 3. The molecule has 5 nitrogen and oxygen atoms in total. The van der Waals surface area contributed by atoms with Crippen LogP contribution in [0.25, 0.3) is 5.65 Å². The molecule has 1 atom stereocenters. The predicted octanol–water partition coefficient (Wildman–Crippen LogP) is 2.18. The van der Waals surface area contributed by atoms with Crippen LogP contribution >= 0.6 is 0 Å². The Kier molecular flexibility index (Phi) is 3.89. The smallest absolute Gasteiger partial charge is 0.173 e. The fourth-order valence-corrected chi connectivity index (χ4v) is 3.07. The third-order valence-electron chi connectivity index (χ3n) is 4.35. The molecule has 0 radical (unpaired) electrons. The summed E-state index contributed by atoms with van der Waals surface area (Å²) in [5.74, 6) is 7.34. The number of anilines is 1. The Morgan fingerprint density at radius 1 is 1.21 bits per heavy atom. The lowest BCUT2D eigenvalue weighted by Gasteiger charge is -2.22. The van der Waals surface area contributed by atoms with Gasteiger partial charge in [-0.1, -0.05) is 30.0 Å². The third-order valence-corrected chi connectivity index (χ3v) is 4.35. The second-order valence-electron chi connectivity index (χ2n) is 6.06. The molecule has 1 saturated heterocycles. The minimum Gasteiger partial charge on any atom is -0.384 e. The summed E-state index contributed by atoms with van der Waals surface area (Å²) >= 11 is 0. The van der Waals surface area contributed by atoms with Crippen molar-refractivity contribution in [1.82, 2.24) is 19.9 Å². The molecule has 0 bridgehead atoms. The highest BCUT2D eigenvalue weighted by Gasteiger charge is 2.19. The van der Waals surface area contributed by atoms with Crippen LogP contribution < -0.4 is 11.1 Å². The van der Waals surface area contributed by atoms with Gasteiger partial charge in [0.15, 0.2) is 5.65 Å². The lowest BCUT2D eigenvalue weighted by molar-refractivity contribution is 0.455. The Bertz CT molecular complexity index is 911. The molecule has 1 aliphatic rings. The molecule has 1 unspecified atom stereocenters. The Morgan fingerprint density at radius 3 is 2.88 bits per heavy atom. The minimum atomic E-state index is 0.399. The molecule has 0 spiro atoms. The van der Waals surface area contributed by atoms with Crippen LogP contribution in [0, 0.1) is 11.8 Å². The van der Waals surface area contributed by atoms with Crippen LogP contribution in [0.15, 0.2) is 42.6 Å². The Morgan fingerprint density at radius 2 is 2.08 bits per heavy atom. The fourth-order valence-electron chi connectivity index (χ4n) is 3.07. The zero-order valence-electron chi connectivity index (χ0n) is 13.4. The Balaban J connectivity index is 1.74. The number of fused-ring (bicyclic) bond motifs is 1. The second kappa shape index (κ2) is 6.34. The van der Waals surface area contributed by atoms with E-state index in [1.807, 2.05) is 36.4 Å². The summed E-state index contributed by atoms with van der Waals surface area (Å²) in [5.41, 5.74) is 9.71. The van der Waals surface area contributed by atoms with Crippen molar-refractivity contribution in [2.24, 2.45) is 0 Å². The summed E-state index contributed by atoms with van der Waals surface area (Å²) in [5, 5.41) is 7.75. The van der Waals surface area contributed by atoms with Crippen LogP contribution in [-0.4, -0.2) is 27.7 Å². The van der Waals surface area contributed by atoms with Gasteiger partial charge in [0.1, 0.15) is 5.82 Å². The van der Waals surface area contributed by atoms with Crippen LogP contribution in [-0.2, 0) is 0 Å². The molecular weight excluding hydrogens is 298 g/mol. The first-order valence-corrected chi connectivity index (χ1v) is 8.23. The number of nitrogen functional groups attached to an aromatic ring is 1. The molecule has 0 amide bonds. The summed E-state index contributed by atoms with van der Waals surface area (Å²) in [6, 6.07) is 11.8. The average molecular weight is 317 g/mol. The minimum absolute atomic E-state index is 0.399. The molecule has 3 heterocycles. The van der Waals surface area contributed by atoms with Crippen LogP contribution in [0.1, 0.15) is 35.6 Å². The third kappa shape index (κ3) is 2.84. The van der Waals surface area contributed by atoms with Gasteiger partial charge in [-0.15, -0.1) is 0 Å². The van der Waals surface area contributed by atoms with Crippen molar-refractivity contribution in [2.75, 3.05) is 18.8 Å². The predicted molar refractivity (Wildman–Crippen MR) is 94.7 cm³/mol. The lowest BCUT2D eigenvalue weighted by atomic mass is 9.96. The number of nitrogens with one attached hydrogen (secondary N) is 1. The maximum absolute atomic E-state index is 6.18. The van der Waals surface area contributed by atoms with Crippen molar-refractivity contribution in [1.29, 1.82) is 0 Å². The van der Waals surface area contributed by atoms with Crippen molar-refractivity contribution in [3.05, 3.63) is 59.4 Å². The van der Waals surface area contributed by atoms with Crippen molar-refractivity contribution < 1.29 is 0 Å². The Hall–Kier alpha value is -2.84. The first-order valence-electron chi connectivity index (χ1n) is 8.23. The largest absolute Gasteiger partial charge is 0.384 e. The van der Waals surface area contributed by atoms with Gasteiger partial charge in [-0.05, 0) is 31.5 Å². The number of benzene rings is 1. The maximum Gasteiger partial charge on any atom is 0.173 e. The molecule has 1 aromatic carbocycles. The van der Waals surface area contributed by atoms with E-state index in [1.54, 1.807) is 10.7 Å². The van der Waals surface area contributed by atoms with E-state index >= 15 is 0 Å². The van der Waals surface area contributed by atoms with Gasteiger partial charge in [0.05, 0.1) is 17.5 Å². The van der Waals surface area contributed by atoms with E-state index in [9.17, 15) is 0 Å². The van der Waals surface area contributed by atoms with E-state index in [1.165, 1.54) is 0 Å². The average Bonchev–Trinajstić information content (AvgIpc) is 3.05. The quantitative estimate of drug-likeness (QED) is 0.675. The van der Waals surface area contributed by atoms with E-state index in [4.69, 9.17) is 10.7 Å². The Labute approximate surface area is 140 Å². The van der Waals surface area contributed by atoms with Crippen LogP contribution in [0.3, 0.4) is 0 Å². The molecule has 4 rings (SSSR count). The number of hydrogen-bond acceptors (Lipinski definition) is 4. The van der Waals surface area contributed by atoms with E-state index in [0.717, 1.165) is 48.4 Å². The summed E-state index contributed by atoms with van der Waals surface area (Å²) in [6.07, 6.45) is 4.03. The summed E-state index contributed by atoms with van der Waals surface area (Å²) < 4.78 is 1.66. The van der Waals surface area contributed by atoms with E-state index in [-0.39, 0.29) is 0 Å². The van der Waals surface area contributed by atoms with Crippen molar-refractivity contribution in [3.8, 4) is 11.8 Å². The molecule has 0 saturated carbocycles. The number of rotatable bonds is 1. The number of nitrogens with two attached hydrogens (primary N) is 1. The zero-order valence-corrected chi connectivity index (χ0v) is 13.4. The highest BCUT2D eigenvalue weighted by molar-refractivity contribution is 5.61. The van der Waals surface area contributed by atoms with Crippen molar-refractivity contribution in [2.45, 2.75) is 18.8 Å². The van der Waals surface area contributed by atoms with Gasteiger partial charge in [-0.3, -0.25) is 0 Å². The molecular formula is C19H19N5. The lowest BCUT2D eigenvalue weighted by Crippen LogP contribution is -2.29. The van der Waals surface area contributed by atoms with Gasteiger partial charge in [0.25, 0.3) is 0 Å². The normalized spacial score (nSPS) is 17.4. The zero-order chi connectivity index (χ0) is 16.4. The standard InChI is InChI=1S/C19H19N5/c20-18-11-17(15-7-4-10-21-12-15)23-19-16(13-22-24(18)19)9-8-14-5-2-1-3-6-14/h1-3,5-6,11,13,15,21H,4,7,10,12,20H2. The van der Waals surface area contributed by atoms with Gasteiger partial charge >= 0.3 is 0 Å². The number of hydrogen-bond donors (Lipinski definition) is 2. The molecule has 1 aliphatic heterocycles. The molecule has 0 aliphatic carbocycles. The van der Waals surface area contributed by atoms with Gasteiger partial charge < -0.3 is 11.1 Å². The van der Waals surface area contributed by atoms with Crippen LogP contribution in [0.4, 0.5) is 5.82 Å². The number of nitrogens with zero attached hydrogens (tertiary/aromatic N) is 3. The highest BCUT2D eigenvalue weighted by Crippen LogP contribution is 2.24. The summed E-state index contributed by atoms with van der Waals surface area (Å²) in [6.45, 7) is 2.02. The summed E-state index contributed by atoms with van der Waals surface area (Å²) in [4.78, 5) is 4.81. The molecule has 120 valence electrons. The molecule has 3 N–H and O–H groups in total. The van der Waals surface area contributed by atoms with Crippen molar-refractivity contribution in [3.63, 3.8) is 0 Å². The molecule has 1 fully saturated rings. The van der Waals surface area contributed by atoms with Gasteiger partial charge in [0, 0.05) is 24.1 Å². The van der Waals surface area contributed by atoms with E-state index in [2.05, 4.69) is 22.3 Å². The van der Waals surface area contributed by atoms with Gasteiger partial charge in [0.2, 0.25) is 0 Å². The van der Waals surface area contributed by atoms with Gasteiger partial charge in [-0.2, -0.15) is 9.61 Å². The maximum atomic E-state index is 6.18. The molecule has 3 aromatic rings. The second-order valence-corrected chi connectivity index (χ2v) is 6.06. The SMILES string of the molecule is Nc1cc(C2CCCNC2)nc2c(C#Cc3ccccc3)cnn12. The highest BCUT2D eigenvalue weighted by atomic mass is 15.3. The first kappa shape index (κ1) is 14.7. The molecule has 24 heavy (non-hydrogen) atoms. The fraction of sp³-hybridized carbons (Fsp3) is 0.263. The van der Waals surface area contributed by atoms with E-state index < -0.39 is 0 Å².